The lowest BCUT2D eigenvalue weighted by Gasteiger charge is -2.08. The predicted molar refractivity (Wildman–Crippen MR) is 77.8 cm³/mol. The summed E-state index contributed by atoms with van der Waals surface area (Å²) in [6.45, 7) is 0.268. The SMILES string of the molecule is O=C(O)C1Cn2c(cc(=O)n(Cc3ccccc3)c2=O)S1. The van der Waals surface area contributed by atoms with E-state index in [1.807, 2.05) is 30.3 Å². The lowest BCUT2D eigenvalue weighted by Crippen LogP contribution is -2.40. The molecule has 1 aromatic heterocycles. The molecule has 0 aliphatic carbocycles. The third kappa shape index (κ3) is 2.52. The Morgan fingerprint density at radius 3 is 2.67 bits per heavy atom. The summed E-state index contributed by atoms with van der Waals surface area (Å²) in [4.78, 5) is 35.5. The van der Waals surface area contributed by atoms with E-state index in [-0.39, 0.29) is 13.1 Å². The molecule has 0 amide bonds. The maximum atomic E-state index is 12.4. The van der Waals surface area contributed by atoms with E-state index in [1.54, 1.807) is 0 Å². The second-order valence-electron chi connectivity index (χ2n) is 4.73. The maximum absolute atomic E-state index is 12.4. The number of carboxylic acid groups (broad SMARTS) is 1. The number of rotatable bonds is 3. The molecule has 0 spiro atoms. The van der Waals surface area contributed by atoms with Crippen molar-refractivity contribution in [1.82, 2.24) is 9.13 Å². The van der Waals surface area contributed by atoms with Crippen molar-refractivity contribution in [2.24, 2.45) is 0 Å². The quantitative estimate of drug-likeness (QED) is 0.841. The Morgan fingerprint density at radius 1 is 1.29 bits per heavy atom. The van der Waals surface area contributed by atoms with Crippen LogP contribution in [0.5, 0.6) is 0 Å². The minimum Gasteiger partial charge on any atom is -0.480 e. The molecular weight excluding hydrogens is 292 g/mol. The lowest BCUT2D eigenvalue weighted by atomic mass is 10.2. The summed E-state index contributed by atoms with van der Waals surface area (Å²) < 4.78 is 2.48. The Hall–Kier alpha value is -2.28. The van der Waals surface area contributed by atoms with Gasteiger partial charge < -0.3 is 5.11 Å². The van der Waals surface area contributed by atoms with Gasteiger partial charge in [-0.25, -0.2) is 4.79 Å². The van der Waals surface area contributed by atoms with Crippen LogP contribution in [0.25, 0.3) is 0 Å². The summed E-state index contributed by atoms with van der Waals surface area (Å²) in [7, 11) is 0. The monoisotopic (exact) mass is 304 g/mol. The first-order valence-corrected chi connectivity index (χ1v) is 7.22. The smallest absolute Gasteiger partial charge is 0.332 e. The molecule has 7 heteroatoms. The van der Waals surface area contributed by atoms with Crippen LogP contribution in [-0.2, 0) is 17.9 Å². The first kappa shape index (κ1) is 13.7. The van der Waals surface area contributed by atoms with Crippen molar-refractivity contribution in [2.75, 3.05) is 0 Å². The van der Waals surface area contributed by atoms with E-state index >= 15 is 0 Å². The van der Waals surface area contributed by atoms with E-state index in [1.165, 1.54) is 10.6 Å². The van der Waals surface area contributed by atoms with Gasteiger partial charge in [-0.15, -0.1) is 0 Å². The fourth-order valence-electron chi connectivity index (χ4n) is 2.25. The Kier molecular flexibility index (Phi) is 3.42. The van der Waals surface area contributed by atoms with Crippen molar-refractivity contribution in [3.63, 3.8) is 0 Å². The third-order valence-electron chi connectivity index (χ3n) is 3.31. The molecule has 0 saturated heterocycles. The molecule has 1 aliphatic rings. The van der Waals surface area contributed by atoms with E-state index in [0.717, 1.165) is 21.9 Å². The minimum absolute atomic E-state index is 0.0865. The molecule has 0 fully saturated rings. The van der Waals surface area contributed by atoms with E-state index in [2.05, 4.69) is 0 Å². The molecule has 2 aromatic rings. The first-order chi connectivity index (χ1) is 10.1. The number of aromatic nitrogens is 2. The molecule has 0 saturated carbocycles. The van der Waals surface area contributed by atoms with Crippen LogP contribution in [0.4, 0.5) is 0 Å². The van der Waals surface area contributed by atoms with Crippen molar-refractivity contribution in [1.29, 1.82) is 0 Å². The van der Waals surface area contributed by atoms with Gasteiger partial charge in [-0.05, 0) is 5.56 Å². The summed E-state index contributed by atoms with van der Waals surface area (Å²) in [6, 6.07) is 10.5. The number of fused-ring (bicyclic) bond motifs is 1. The summed E-state index contributed by atoms with van der Waals surface area (Å²) >= 11 is 1.04. The molecular formula is C14H12N2O4S. The van der Waals surface area contributed by atoms with E-state index in [9.17, 15) is 14.4 Å². The second kappa shape index (κ2) is 5.25. The number of hydrogen-bond acceptors (Lipinski definition) is 4. The number of nitrogens with zero attached hydrogens (tertiary/aromatic N) is 2. The van der Waals surface area contributed by atoms with Crippen LogP contribution in [0.15, 0.2) is 51.0 Å². The van der Waals surface area contributed by atoms with Crippen LogP contribution in [0.3, 0.4) is 0 Å². The van der Waals surface area contributed by atoms with Gasteiger partial charge in [0.05, 0.1) is 18.1 Å². The Morgan fingerprint density at radius 2 is 2.00 bits per heavy atom. The van der Waals surface area contributed by atoms with Gasteiger partial charge in [-0.2, -0.15) is 0 Å². The molecule has 2 heterocycles. The van der Waals surface area contributed by atoms with Crippen molar-refractivity contribution >= 4 is 17.7 Å². The molecule has 6 nitrogen and oxygen atoms in total. The molecule has 3 rings (SSSR count). The zero-order chi connectivity index (χ0) is 15.0. The Balaban J connectivity index is 2.02. The van der Waals surface area contributed by atoms with Crippen molar-refractivity contribution in [3.05, 3.63) is 62.8 Å². The topological polar surface area (TPSA) is 81.3 Å². The second-order valence-corrected chi connectivity index (χ2v) is 5.95. The average Bonchev–Trinajstić information content (AvgIpc) is 2.89. The number of carboxylic acids is 1. The minimum atomic E-state index is -0.981. The van der Waals surface area contributed by atoms with Gasteiger partial charge in [0.15, 0.2) is 0 Å². The Labute approximate surface area is 123 Å². The van der Waals surface area contributed by atoms with Crippen molar-refractivity contribution in [2.45, 2.75) is 23.4 Å². The predicted octanol–water partition coefficient (Wildman–Crippen LogP) is 0.617. The van der Waals surface area contributed by atoms with Crippen molar-refractivity contribution in [3.8, 4) is 0 Å². The standard InChI is InChI=1S/C14H12N2O4S/c17-11-6-12-16(8-10(21-12)13(18)19)14(20)15(11)7-9-4-2-1-3-5-9/h1-6,10H,7-8H2,(H,18,19). The molecule has 1 atom stereocenters. The lowest BCUT2D eigenvalue weighted by molar-refractivity contribution is -0.136. The highest BCUT2D eigenvalue weighted by Crippen LogP contribution is 2.29. The molecule has 1 unspecified atom stereocenters. The zero-order valence-corrected chi connectivity index (χ0v) is 11.7. The zero-order valence-electron chi connectivity index (χ0n) is 10.9. The van der Waals surface area contributed by atoms with Crippen LogP contribution in [-0.4, -0.2) is 25.5 Å². The number of thioether (sulfide) groups is 1. The first-order valence-electron chi connectivity index (χ1n) is 6.34. The van der Waals surface area contributed by atoms with Gasteiger partial charge in [-0.1, -0.05) is 42.1 Å². The van der Waals surface area contributed by atoms with Crippen LogP contribution in [0, 0.1) is 0 Å². The molecule has 0 radical (unpaired) electrons. The van der Waals surface area contributed by atoms with Gasteiger partial charge in [0.1, 0.15) is 5.25 Å². The molecule has 0 bridgehead atoms. The highest BCUT2D eigenvalue weighted by Gasteiger charge is 2.30. The van der Waals surface area contributed by atoms with Crippen LogP contribution in [0.1, 0.15) is 5.56 Å². The fourth-order valence-corrected chi connectivity index (χ4v) is 3.31. The van der Waals surface area contributed by atoms with Crippen LogP contribution >= 0.6 is 11.8 Å². The molecule has 1 aliphatic heterocycles. The van der Waals surface area contributed by atoms with Crippen LogP contribution in [0.2, 0.25) is 0 Å². The third-order valence-corrected chi connectivity index (χ3v) is 4.53. The number of carbonyl (C=O) groups is 1. The van der Waals surface area contributed by atoms with Gasteiger partial charge in [-0.3, -0.25) is 18.7 Å². The summed E-state index contributed by atoms with van der Waals surface area (Å²) in [5.41, 5.74) is -0.0241. The van der Waals surface area contributed by atoms with Gasteiger partial charge in [0.2, 0.25) is 0 Å². The number of aliphatic carboxylic acids is 1. The molecule has 1 N–H and O–H groups in total. The van der Waals surface area contributed by atoms with Gasteiger partial charge >= 0.3 is 11.7 Å². The molecule has 108 valence electrons. The van der Waals surface area contributed by atoms with Gasteiger partial charge in [0, 0.05) is 6.07 Å². The normalized spacial score (nSPS) is 16.7. The van der Waals surface area contributed by atoms with E-state index < -0.39 is 22.5 Å². The number of benzene rings is 1. The molecule has 1 aromatic carbocycles. The summed E-state index contributed by atoms with van der Waals surface area (Å²) in [6.07, 6.45) is 0. The Bertz CT molecular complexity index is 810. The fraction of sp³-hybridized carbons (Fsp3) is 0.214. The van der Waals surface area contributed by atoms with Gasteiger partial charge in [0.25, 0.3) is 5.56 Å². The van der Waals surface area contributed by atoms with E-state index in [0.29, 0.717) is 5.03 Å². The average molecular weight is 304 g/mol. The van der Waals surface area contributed by atoms with E-state index in [4.69, 9.17) is 5.11 Å². The highest BCUT2D eigenvalue weighted by molar-refractivity contribution is 8.00. The van der Waals surface area contributed by atoms with Crippen LogP contribution < -0.4 is 11.2 Å². The highest BCUT2D eigenvalue weighted by atomic mass is 32.2. The van der Waals surface area contributed by atoms with Crippen molar-refractivity contribution < 1.29 is 9.90 Å². The largest absolute Gasteiger partial charge is 0.480 e. The molecule has 21 heavy (non-hydrogen) atoms. The number of hydrogen-bond donors (Lipinski definition) is 1. The summed E-state index contributed by atoms with van der Waals surface area (Å²) in [5, 5.41) is 8.73. The summed E-state index contributed by atoms with van der Waals surface area (Å²) in [5.74, 6) is -0.981. The maximum Gasteiger partial charge on any atom is 0.332 e.